The molecule has 0 aliphatic carbocycles. The van der Waals surface area contributed by atoms with Gasteiger partial charge in [-0.15, -0.1) is 16.9 Å². The van der Waals surface area contributed by atoms with Gasteiger partial charge in [-0.3, -0.25) is 4.90 Å². The molecule has 1 radical (unpaired) electrons. The predicted octanol–water partition coefficient (Wildman–Crippen LogP) is 3.75. The van der Waals surface area contributed by atoms with Crippen molar-refractivity contribution in [2.45, 2.75) is 25.9 Å². The van der Waals surface area contributed by atoms with E-state index in [1.165, 1.54) is 5.56 Å². The summed E-state index contributed by atoms with van der Waals surface area (Å²) >= 11 is 1.72. The number of nitrogens with one attached hydrogen (secondary N) is 1. The molecule has 0 amide bonds. The van der Waals surface area contributed by atoms with Crippen LogP contribution in [0, 0.1) is 44.1 Å². The Kier molecular flexibility index (Phi) is 7.06. The first kappa shape index (κ1) is 19.3. The van der Waals surface area contributed by atoms with Gasteiger partial charge in [0.15, 0.2) is 5.13 Å². The van der Waals surface area contributed by atoms with Crippen molar-refractivity contribution < 1.29 is 44.1 Å². The van der Waals surface area contributed by atoms with Crippen LogP contribution in [0.15, 0.2) is 35.8 Å². The number of hydrogen-bond donors (Lipinski definition) is 0. The zero-order valence-corrected chi connectivity index (χ0v) is 19.4. The molecule has 1 aromatic heterocycles. The minimum Gasteiger partial charge on any atom is -0.669 e. The van der Waals surface area contributed by atoms with Crippen molar-refractivity contribution in [1.82, 2.24) is 9.88 Å². The van der Waals surface area contributed by atoms with Crippen molar-refractivity contribution >= 4 is 16.5 Å². The van der Waals surface area contributed by atoms with Gasteiger partial charge in [0.2, 0.25) is 0 Å². The van der Waals surface area contributed by atoms with E-state index in [9.17, 15) is 0 Å². The van der Waals surface area contributed by atoms with Gasteiger partial charge < -0.3 is 10.6 Å². The molecule has 1 aliphatic heterocycles. The molecular formula is C17H23AcN4S-. The Balaban J connectivity index is 0.00000192. The number of anilines is 1. The monoisotopic (exact) mass is 542 g/mol. The first-order chi connectivity index (χ1) is 10.5. The van der Waals surface area contributed by atoms with Crippen LogP contribution in [-0.4, -0.2) is 36.1 Å². The molecule has 23 heavy (non-hydrogen) atoms. The number of benzene rings is 1. The number of rotatable bonds is 4. The summed E-state index contributed by atoms with van der Waals surface area (Å²) in [7, 11) is 0. The van der Waals surface area contributed by atoms with Gasteiger partial charge >= 0.3 is 0 Å². The first-order valence-electron chi connectivity index (χ1n) is 7.73. The van der Waals surface area contributed by atoms with Crippen molar-refractivity contribution in [1.29, 1.82) is 0 Å². The summed E-state index contributed by atoms with van der Waals surface area (Å²) < 4.78 is 0. The molecule has 121 valence electrons. The second-order valence-electron chi connectivity index (χ2n) is 6.40. The normalized spacial score (nSPS) is 16.2. The molecule has 1 saturated heterocycles. The Labute approximate surface area is 178 Å². The van der Waals surface area contributed by atoms with E-state index in [4.69, 9.17) is 5.73 Å². The molecule has 2 heterocycles. The predicted molar refractivity (Wildman–Crippen MR) is 93.4 cm³/mol. The van der Waals surface area contributed by atoms with Crippen LogP contribution in [0.1, 0.15) is 25.0 Å². The molecule has 0 spiro atoms. The van der Waals surface area contributed by atoms with Gasteiger partial charge in [-0.1, -0.05) is 43.7 Å². The molecule has 1 N–H and O–H groups in total. The topological polar surface area (TPSA) is 43.2 Å². The van der Waals surface area contributed by atoms with Gasteiger partial charge in [0, 0.05) is 88.4 Å². The molecule has 0 saturated carbocycles. The Morgan fingerprint density at radius 2 is 1.78 bits per heavy atom. The first-order valence-corrected chi connectivity index (χ1v) is 8.61. The van der Waals surface area contributed by atoms with Gasteiger partial charge in [-0.2, -0.15) is 0 Å². The van der Waals surface area contributed by atoms with Crippen molar-refractivity contribution in [2.24, 2.45) is 0 Å². The van der Waals surface area contributed by atoms with Crippen LogP contribution in [0.5, 0.6) is 0 Å². The third-order valence-electron chi connectivity index (χ3n) is 4.14. The summed E-state index contributed by atoms with van der Waals surface area (Å²) in [5, 5.41) is 3.18. The zero-order chi connectivity index (χ0) is 15.6. The second-order valence-corrected chi connectivity index (χ2v) is 7.27. The molecular weight excluding hydrogens is 519 g/mol. The van der Waals surface area contributed by atoms with E-state index < -0.39 is 5.54 Å². The average Bonchev–Trinajstić information content (AvgIpc) is 3.02. The van der Waals surface area contributed by atoms with Crippen molar-refractivity contribution in [3.63, 3.8) is 0 Å². The molecule has 1 aliphatic rings. The third-order valence-corrected chi connectivity index (χ3v) is 4.98. The zero-order valence-electron chi connectivity index (χ0n) is 13.8. The maximum absolute atomic E-state index is 8.07. The Bertz CT molecular complexity index is 584. The van der Waals surface area contributed by atoms with Crippen LogP contribution >= 0.6 is 11.3 Å². The maximum atomic E-state index is 8.07. The van der Waals surface area contributed by atoms with Gasteiger partial charge in [-0.25, -0.2) is 4.98 Å². The number of aromatic nitrogens is 1. The van der Waals surface area contributed by atoms with E-state index in [0.717, 1.165) is 43.4 Å². The summed E-state index contributed by atoms with van der Waals surface area (Å²) in [5.41, 5.74) is 9.95. The van der Waals surface area contributed by atoms with E-state index in [0.29, 0.717) is 0 Å². The molecule has 6 heteroatoms. The van der Waals surface area contributed by atoms with Crippen molar-refractivity contribution in [3.8, 4) is 0 Å². The van der Waals surface area contributed by atoms with Crippen molar-refractivity contribution in [3.05, 3.63) is 52.7 Å². The van der Waals surface area contributed by atoms with E-state index in [1.54, 1.807) is 11.3 Å². The molecule has 0 unspecified atom stereocenters. The van der Waals surface area contributed by atoms with Gasteiger partial charge in [0.25, 0.3) is 0 Å². The van der Waals surface area contributed by atoms with Crippen LogP contribution in [-0.2, 0) is 12.1 Å². The fraction of sp³-hybridized carbons (Fsp3) is 0.471. The molecule has 0 bridgehead atoms. The molecule has 1 fully saturated rings. The van der Waals surface area contributed by atoms with Crippen molar-refractivity contribution in [2.75, 3.05) is 31.1 Å². The number of thiazole rings is 1. The standard InChI is InChI=1S/C17H23N4S.Ac/c1-17(2,18)15-5-3-14(4-6-15)13-20-8-10-21(11-9-20)16-19-7-12-22-16;/h3-7,12,18H,8-11,13H2,1-2H3;/q-1;. The van der Waals surface area contributed by atoms with E-state index in [1.807, 2.05) is 25.4 Å². The SMILES string of the molecule is CC(C)([NH-])c1ccc(CN2CCN(c3nccs3)CC2)cc1.[Ac]. The van der Waals surface area contributed by atoms with Crippen LogP contribution < -0.4 is 4.90 Å². The number of nitrogens with zero attached hydrogens (tertiary/aromatic N) is 3. The van der Waals surface area contributed by atoms with Gasteiger partial charge in [0.05, 0.1) is 0 Å². The molecule has 2 aromatic rings. The van der Waals surface area contributed by atoms with E-state index in [2.05, 4.69) is 39.0 Å². The minimum absolute atomic E-state index is 0. The van der Waals surface area contributed by atoms with Crippen LogP contribution in [0.3, 0.4) is 0 Å². The fourth-order valence-corrected chi connectivity index (χ4v) is 3.45. The Morgan fingerprint density at radius 3 is 2.30 bits per heavy atom. The van der Waals surface area contributed by atoms with Crippen LogP contribution in [0.25, 0.3) is 5.73 Å². The maximum Gasteiger partial charge on any atom is 0.185 e. The van der Waals surface area contributed by atoms with Gasteiger partial charge in [0.1, 0.15) is 0 Å². The Hall–Kier alpha value is 0.0116. The number of piperazine rings is 1. The third kappa shape index (κ3) is 5.24. The van der Waals surface area contributed by atoms with E-state index in [-0.39, 0.29) is 44.1 Å². The molecule has 3 rings (SSSR count). The summed E-state index contributed by atoms with van der Waals surface area (Å²) in [6.45, 7) is 9.09. The summed E-state index contributed by atoms with van der Waals surface area (Å²) in [6, 6.07) is 8.51. The Morgan fingerprint density at radius 1 is 1.13 bits per heavy atom. The molecule has 1 aromatic carbocycles. The molecule has 0 atom stereocenters. The smallest absolute Gasteiger partial charge is 0.185 e. The summed E-state index contributed by atoms with van der Waals surface area (Å²) in [4.78, 5) is 9.25. The van der Waals surface area contributed by atoms with Crippen LogP contribution in [0.2, 0.25) is 0 Å². The quantitative estimate of drug-likeness (QED) is 0.592. The van der Waals surface area contributed by atoms with Gasteiger partial charge in [-0.05, 0) is 5.56 Å². The largest absolute Gasteiger partial charge is 0.669 e. The minimum atomic E-state index is -0.516. The molecule has 4 nitrogen and oxygen atoms in total. The second kappa shape index (κ2) is 8.40. The number of hydrogen-bond acceptors (Lipinski definition) is 4. The van der Waals surface area contributed by atoms with Crippen LogP contribution in [0.4, 0.5) is 5.13 Å². The summed E-state index contributed by atoms with van der Waals surface area (Å²) in [5.74, 6) is 0. The fourth-order valence-electron chi connectivity index (χ4n) is 2.75. The summed E-state index contributed by atoms with van der Waals surface area (Å²) in [6.07, 6.45) is 1.88. The van der Waals surface area contributed by atoms with E-state index >= 15 is 0 Å². The average molecular weight is 542 g/mol.